The molecule has 0 aliphatic carbocycles. The summed E-state index contributed by atoms with van der Waals surface area (Å²) in [5, 5.41) is 0. The van der Waals surface area contributed by atoms with Gasteiger partial charge in [-0.25, -0.2) is 10.2 Å². The van der Waals surface area contributed by atoms with E-state index < -0.39 is 11.7 Å². The minimum Gasteiger partial charge on any atom is -0.497 e. The van der Waals surface area contributed by atoms with Gasteiger partial charge in [-0.1, -0.05) is 13.8 Å². The van der Waals surface area contributed by atoms with E-state index >= 15 is 0 Å². The standard InChI is InChI=1S/C17H28N2O4/c1-12(2)7-8-18-19-16(20)23-17(3,4)13-9-14(21-5)11-15(10-13)22-6/h9-12,18H,7-8H2,1-6H3,(H,19,20). The molecule has 130 valence electrons. The van der Waals surface area contributed by atoms with Crippen molar-refractivity contribution >= 4 is 6.09 Å². The van der Waals surface area contributed by atoms with Crippen LogP contribution < -0.4 is 20.3 Å². The summed E-state index contributed by atoms with van der Waals surface area (Å²) in [5.74, 6) is 1.86. The van der Waals surface area contributed by atoms with Crippen LogP contribution in [0.1, 0.15) is 39.7 Å². The summed E-state index contributed by atoms with van der Waals surface area (Å²) in [4.78, 5) is 11.9. The lowest BCUT2D eigenvalue weighted by Crippen LogP contribution is -2.41. The molecule has 0 aliphatic rings. The highest BCUT2D eigenvalue weighted by atomic mass is 16.6. The lowest BCUT2D eigenvalue weighted by atomic mass is 9.97. The summed E-state index contributed by atoms with van der Waals surface area (Å²) in [7, 11) is 3.16. The Hall–Kier alpha value is -1.95. The van der Waals surface area contributed by atoms with Crippen molar-refractivity contribution < 1.29 is 19.0 Å². The van der Waals surface area contributed by atoms with Gasteiger partial charge in [0.2, 0.25) is 0 Å². The summed E-state index contributed by atoms with van der Waals surface area (Å²) < 4.78 is 16.0. The van der Waals surface area contributed by atoms with Gasteiger partial charge < -0.3 is 14.2 Å². The maximum absolute atomic E-state index is 11.9. The minimum atomic E-state index is -0.828. The van der Waals surface area contributed by atoms with Crippen LogP contribution in [0.3, 0.4) is 0 Å². The van der Waals surface area contributed by atoms with Crippen LogP contribution in [-0.4, -0.2) is 26.9 Å². The van der Waals surface area contributed by atoms with Gasteiger partial charge in [0.15, 0.2) is 0 Å². The van der Waals surface area contributed by atoms with E-state index in [0.717, 1.165) is 12.0 Å². The molecule has 1 amide bonds. The predicted octanol–water partition coefficient (Wildman–Crippen LogP) is 3.22. The molecular weight excluding hydrogens is 296 g/mol. The highest BCUT2D eigenvalue weighted by Crippen LogP contribution is 2.32. The number of ether oxygens (including phenoxy) is 3. The zero-order valence-electron chi connectivity index (χ0n) is 14.9. The number of hydrogen-bond donors (Lipinski definition) is 2. The van der Waals surface area contributed by atoms with Gasteiger partial charge in [0.05, 0.1) is 14.2 Å². The van der Waals surface area contributed by atoms with Crippen LogP contribution >= 0.6 is 0 Å². The van der Waals surface area contributed by atoms with Gasteiger partial charge in [0, 0.05) is 18.2 Å². The molecule has 2 N–H and O–H groups in total. The van der Waals surface area contributed by atoms with Crippen molar-refractivity contribution in [1.29, 1.82) is 0 Å². The molecule has 0 heterocycles. The number of carbonyl (C=O) groups is 1. The Bertz CT molecular complexity index is 493. The molecule has 0 saturated heterocycles. The molecule has 0 fully saturated rings. The third kappa shape index (κ3) is 6.36. The van der Waals surface area contributed by atoms with Gasteiger partial charge in [-0.2, -0.15) is 0 Å². The van der Waals surface area contributed by atoms with Gasteiger partial charge in [0.25, 0.3) is 0 Å². The molecule has 0 radical (unpaired) electrons. The third-order valence-electron chi connectivity index (χ3n) is 3.43. The van der Waals surface area contributed by atoms with Crippen molar-refractivity contribution in [2.75, 3.05) is 20.8 Å². The molecule has 0 bridgehead atoms. The number of nitrogens with one attached hydrogen (secondary N) is 2. The summed E-state index contributed by atoms with van der Waals surface area (Å²) in [5.41, 5.74) is 5.36. The maximum Gasteiger partial charge on any atom is 0.422 e. The molecule has 0 spiro atoms. The SMILES string of the molecule is COc1cc(OC)cc(C(C)(C)OC(=O)NNCCC(C)C)c1. The smallest absolute Gasteiger partial charge is 0.422 e. The van der Waals surface area contributed by atoms with E-state index in [1.807, 2.05) is 26.0 Å². The normalized spacial score (nSPS) is 11.3. The number of hydrazine groups is 1. The largest absolute Gasteiger partial charge is 0.497 e. The van der Waals surface area contributed by atoms with Crippen molar-refractivity contribution in [3.63, 3.8) is 0 Å². The molecule has 0 aliphatic heterocycles. The van der Waals surface area contributed by atoms with Crippen LogP contribution in [0.5, 0.6) is 11.5 Å². The number of carbonyl (C=O) groups excluding carboxylic acids is 1. The van der Waals surface area contributed by atoms with E-state index in [1.165, 1.54) is 0 Å². The van der Waals surface area contributed by atoms with E-state index in [1.54, 1.807) is 20.3 Å². The van der Waals surface area contributed by atoms with Crippen LogP contribution in [0.2, 0.25) is 0 Å². The molecule has 1 aromatic carbocycles. The van der Waals surface area contributed by atoms with Gasteiger partial charge in [0.1, 0.15) is 17.1 Å². The van der Waals surface area contributed by atoms with Crippen LogP contribution in [-0.2, 0) is 10.3 Å². The zero-order chi connectivity index (χ0) is 17.5. The quantitative estimate of drug-likeness (QED) is 0.567. The van der Waals surface area contributed by atoms with E-state index in [9.17, 15) is 4.79 Å². The highest BCUT2D eigenvalue weighted by molar-refractivity contribution is 5.67. The predicted molar refractivity (Wildman–Crippen MR) is 89.6 cm³/mol. The fourth-order valence-corrected chi connectivity index (χ4v) is 1.97. The monoisotopic (exact) mass is 324 g/mol. The lowest BCUT2D eigenvalue weighted by molar-refractivity contribution is 0.0334. The lowest BCUT2D eigenvalue weighted by Gasteiger charge is -2.26. The first-order chi connectivity index (χ1) is 10.8. The van der Waals surface area contributed by atoms with E-state index in [2.05, 4.69) is 24.7 Å². The summed E-state index contributed by atoms with van der Waals surface area (Å²) >= 11 is 0. The van der Waals surface area contributed by atoms with E-state index in [4.69, 9.17) is 14.2 Å². The second-order valence-electron chi connectivity index (χ2n) is 6.24. The fourth-order valence-electron chi connectivity index (χ4n) is 1.97. The topological polar surface area (TPSA) is 68.8 Å². The summed E-state index contributed by atoms with van der Waals surface area (Å²) in [6, 6.07) is 5.41. The first kappa shape index (κ1) is 19.1. The van der Waals surface area contributed by atoms with Gasteiger partial charge in [-0.15, -0.1) is 0 Å². The number of amides is 1. The number of hydrogen-bond acceptors (Lipinski definition) is 5. The summed E-state index contributed by atoms with van der Waals surface area (Å²) in [6.07, 6.45) is 0.442. The van der Waals surface area contributed by atoms with Crippen molar-refractivity contribution in [3.8, 4) is 11.5 Å². The van der Waals surface area contributed by atoms with Crippen LogP contribution in [0.4, 0.5) is 4.79 Å². The van der Waals surface area contributed by atoms with E-state index in [0.29, 0.717) is 24.0 Å². The molecule has 0 atom stereocenters. The fraction of sp³-hybridized carbons (Fsp3) is 0.588. The number of methoxy groups -OCH3 is 2. The van der Waals surface area contributed by atoms with E-state index in [-0.39, 0.29) is 0 Å². The average molecular weight is 324 g/mol. The molecule has 1 aromatic rings. The third-order valence-corrected chi connectivity index (χ3v) is 3.43. The van der Waals surface area contributed by atoms with Crippen LogP contribution in [0.15, 0.2) is 18.2 Å². The molecular formula is C17H28N2O4. The second kappa shape index (κ2) is 8.62. The minimum absolute atomic E-state index is 0.527. The van der Waals surface area contributed by atoms with Gasteiger partial charge in [-0.3, -0.25) is 5.43 Å². The Morgan fingerprint density at radius 2 is 1.70 bits per heavy atom. The number of rotatable bonds is 8. The van der Waals surface area contributed by atoms with Crippen molar-refractivity contribution in [1.82, 2.24) is 10.9 Å². The summed E-state index contributed by atoms with van der Waals surface area (Å²) in [6.45, 7) is 8.57. The Morgan fingerprint density at radius 3 is 2.17 bits per heavy atom. The second-order valence-corrected chi connectivity index (χ2v) is 6.24. The van der Waals surface area contributed by atoms with Crippen LogP contribution in [0.25, 0.3) is 0 Å². The average Bonchev–Trinajstić information content (AvgIpc) is 2.50. The van der Waals surface area contributed by atoms with Crippen LogP contribution in [0, 0.1) is 5.92 Å². The molecule has 6 nitrogen and oxygen atoms in total. The molecule has 1 rings (SSSR count). The molecule has 0 saturated carbocycles. The van der Waals surface area contributed by atoms with Gasteiger partial charge in [-0.05, 0) is 38.3 Å². The highest BCUT2D eigenvalue weighted by Gasteiger charge is 2.26. The Kier molecular flexibility index (Phi) is 7.16. The zero-order valence-corrected chi connectivity index (χ0v) is 14.9. The first-order valence-electron chi connectivity index (χ1n) is 7.74. The Labute approximate surface area is 138 Å². The molecule has 23 heavy (non-hydrogen) atoms. The van der Waals surface area contributed by atoms with Crippen molar-refractivity contribution in [3.05, 3.63) is 23.8 Å². The molecule has 0 aromatic heterocycles. The first-order valence-corrected chi connectivity index (χ1v) is 7.74. The van der Waals surface area contributed by atoms with Crippen molar-refractivity contribution in [2.45, 2.75) is 39.7 Å². The Morgan fingerprint density at radius 1 is 1.13 bits per heavy atom. The van der Waals surface area contributed by atoms with Gasteiger partial charge >= 0.3 is 6.09 Å². The maximum atomic E-state index is 11.9. The molecule has 6 heteroatoms. The number of benzene rings is 1. The van der Waals surface area contributed by atoms with Crippen molar-refractivity contribution in [2.24, 2.45) is 5.92 Å². The Balaban J connectivity index is 2.69. The molecule has 0 unspecified atom stereocenters.